The predicted octanol–water partition coefficient (Wildman–Crippen LogP) is 4.50. The van der Waals surface area contributed by atoms with Crippen molar-refractivity contribution in [3.05, 3.63) is 95.0 Å². The fraction of sp³-hybridized carbons (Fsp3) is 0.258. The van der Waals surface area contributed by atoms with Crippen LogP contribution in [0.1, 0.15) is 30.9 Å². The van der Waals surface area contributed by atoms with Crippen LogP contribution in [0.3, 0.4) is 0 Å². The molecule has 2 unspecified atom stereocenters. The molecule has 0 bridgehead atoms. The first-order valence-corrected chi connectivity index (χ1v) is 13.9. The Hall–Kier alpha value is -4.38. The molecular formula is C31H37ClN6O4. The van der Waals surface area contributed by atoms with Crippen LogP contribution in [0.5, 0.6) is 5.75 Å². The Morgan fingerprint density at radius 1 is 1.10 bits per heavy atom. The summed E-state index contributed by atoms with van der Waals surface area (Å²) in [7, 11) is 1.67. The summed E-state index contributed by atoms with van der Waals surface area (Å²) >= 11 is 6.15. The highest BCUT2D eigenvalue weighted by molar-refractivity contribution is 6.30. The number of carbonyl (C=O) groups is 2. The molecule has 3 aromatic carbocycles. The fourth-order valence-electron chi connectivity index (χ4n) is 4.12. The number of nitrogens with zero attached hydrogens (tertiary/aromatic N) is 2. The first kappa shape index (κ1) is 32.1. The molecule has 0 spiro atoms. The summed E-state index contributed by atoms with van der Waals surface area (Å²) in [5.41, 5.74) is 2.53. The second-order valence-electron chi connectivity index (χ2n) is 9.43. The maximum Gasteiger partial charge on any atom is 0.247 e. The van der Waals surface area contributed by atoms with Gasteiger partial charge < -0.3 is 25.9 Å². The second-order valence-corrected chi connectivity index (χ2v) is 9.87. The molecule has 0 aliphatic heterocycles. The van der Waals surface area contributed by atoms with Crippen molar-refractivity contribution < 1.29 is 19.1 Å². The van der Waals surface area contributed by atoms with E-state index in [1.54, 1.807) is 55.7 Å². The molecule has 11 heteroatoms. The lowest BCUT2D eigenvalue weighted by atomic mass is 10.0. The maximum absolute atomic E-state index is 13.3. The van der Waals surface area contributed by atoms with Crippen LogP contribution in [0, 0.1) is 0 Å². The van der Waals surface area contributed by atoms with Gasteiger partial charge in [-0.05, 0) is 60.5 Å². The van der Waals surface area contributed by atoms with Gasteiger partial charge in [0, 0.05) is 35.9 Å². The summed E-state index contributed by atoms with van der Waals surface area (Å²) < 4.78 is 11.2. The van der Waals surface area contributed by atoms with Gasteiger partial charge in [-0.2, -0.15) is 5.10 Å². The molecule has 10 nitrogen and oxygen atoms in total. The number of amides is 2. The van der Waals surface area contributed by atoms with E-state index in [-0.39, 0.29) is 18.4 Å². The molecule has 0 heterocycles. The third kappa shape index (κ3) is 10.2. The SMILES string of the molecule is CCCC(COc1ccc(NC(=O)C(Cc2ccccc2)NC(=O)/C=C/c2cc(Cl)ccc2N(N)/C=N\N)cc1)OC. The topological polar surface area (TPSA) is 144 Å². The number of hydrogen-bond acceptors (Lipinski definition) is 7. The van der Waals surface area contributed by atoms with Gasteiger partial charge in [-0.15, -0.1) is 0 Å². The Kier molecular flexibility index (Phi) is 12.8. The van der Waals surface area contributed by atoms with Gasteiger partial charge in [-0.3, -0.25) is 14.6 Å². The number of halogens is 1. The zero-order valence-corrected chi connectivity index (χ0v) is 24.5. The van der Waals surface area contributed by atoms with Gasteiger partial charge >= 0.3 is 0 Å². The molecule has 2 amide bonds. The predicted molar refractivity (Wildman–Crippen MR) is 168 cm³/mol. The Labute approximate surface area is 251 Å². The van der Waals surface area contributed by atoms with Crippen LogP contribution in [0.15, 0.2) is 84.0 Å². The first-order chi connectivity index (χ1) is 20.3. The number of hydrogen-bond donors (Lipinski definition) is 4. The minimum atomic E-state index is -0.855. The highest BCUT2D eigenvalue weighted by Crippen LogP contribution is 2.24. The fourth-order valence-corrected chi connectivity index (χ4v) is 4.30. The summed E-state index contributed by atoms with van der Waals surface area (Å²) in [5, 5.41) is 10.8. The van der Waals surface area contributed by atoms with E-state index in [0.717, 1.165) is 18.4 Å². The van der Waals surface area contributed by atoms with Gasteiger partial charge in [0.2, 0.25) is 11.8 Å². The van der Waals surface area contributed by atoms with Crippen molar-refractivity contribution in [2.24, 2.45) is 16.8 Å². The van der Waals surface area contributed by atoms with Crippen LogP contribution < -0.4 is 32.1 Å². The smallest absolute Gasteiger partial charge is 0.247 e. The molecule has 0 aliphatic carbocycles. The van der Waals surface area contributed by atoms with Gasteiger partial charge in [0.1, 0.15) is 24.7 Å². The molecule has 0 saturated heterocycles. The number of anilines is 2. The van der Waals surface area contributed by atoms with E-state index in [4.69, 9.17) is 32.8 Å². The number of hydrazone groups is 1. The van der Waals surface area contributed by atoms with Crippen LogP contribution in [0.25, 0.3) is 6.08 Å². The molecule has 2 atom stereocenters. The molecule has 3 rings (SSSR count). The van der Waals surface area contributed by atoms with Gasteiger partial charge in [-0.1, -0.05) is 55.3 Å². The van der Waals surface area contributed by atoms with Gasteiger partial charge in [0.15, 0.2) is 0 Å². The van der Waals surface area contributed by atoms with Gasteiger partial charge in [0.25, 0.3) is 0 Å². The zero-order chi connectivity index (χ0) is 30.3. The van der Waals surface area contributed by atoms with Crippen molar-refractivity contribution in [1.82, 2.24) is 5.32 Å². The second kappa shape index (κ2) is 16.8. The van der Waals surface area contributed by atoms with E-state index >= 15 is 0 Å². The summed E-state index contributed by atoms with van der Waals surface area (Å²) in [4.78, 5) is 26.3. The van der Waals surface area contributed by atoms with Crippen molar-refractivity contribution in [2.75, 3.05) is 24.0 Å². The minimum absolute atomic E-state index is 0.0188. The van der Waals surface area contributed by atoms with Crippen molar-refractivity contribution >= 4 is 47.2 Å². The standard InChI is InChI=1S/C31H37ClN6O4/c1-3-7-27(41-2)20-42-26-14-12-25(13-15-26)36-31(40)28(18-22-8-5-4-6-9-22)37-30(39)17-10-23-19-24(32)11-16-29(23)38(34)21-35-33/h4-6,8-17,19,21,27-28H,3,7,18,20,33-34H2,1-2H3,(H,36,40)(H,37,39)/b17-10+,35-21-. The minimum Gasteiger partial charge on any atom is -0.491 e. The number of benzene rings is 3. The Balaban J connectivity index is 1.71. The summed E-state index contributed by atoms with van der Waals surface area (Å²) in [6.45, 7) is 2.53. The van der Waals surface area contributed by atoms with Crippen LogP contribution >= 0.6 is 11.6 Å². The van der Waals surface area contributed by atoms with E-state index in [9.17, 15) is 9.59 Å². The number of carbonyl (C=O) groups excluding carboxylic acids is 2. The van der Waals surface area contributed by atoms with E-state index in [2.05, 4.69) is 22.7 Å². The third-order valence-corrected chi connectivity index (χ3v) is 6.53. The highest BCUT2D eigenvalue weighted by atomic mass is 35.5. The molecule has 0 radical (unpaired) electrons. The summed E-state index contributed by atoms with van der Waals surface area (Å²) in [6, 6.07) is 20.6. The normalized spacial score (nSPS) is 12.7. The average Bonchev–Trinajstić information content (AvgIpc) is 2.99. The molecule has 0 saturated carbocycles. The van der Waals surface area contributed by atoms with Crippen molar-refractivity contribution in [3.8, 4) is 5.75 Å². The average molecular weight is 593 g/mol. The highest BCUT2D eigenvalue weighted by Gasteiger charge is 2.21. The van der Waals surface area contributed by atoms with E-state index in [0.29, 0.717) is 34.3 Å². The number of nitrogens with one attached hydrogen (secondary N) is 2. The van der Waals surface area contributed by atoms with E-state index in [1.807, 2.05) is 30.3 Å². The molecule has 3 aromatic rings. The lowest BCUT2D eigenvalue weighted by molar-refractivity contribution is -0.123. The number of ether oxygens (including phenoxy) is 2. The van der Waals surface area contributed by atoms with Crippen LogP contribution in [-0.2, 0) is 20.7 Å². The quantitative estimate of drug-likeness (QED) is 0.0669. The largest absolute Gasteiger partial charge is 0.491 e. The lowest BCUT2D eigenvalue weighted by Crippen LogP contribution is -2.44. The lowest BCUT2D eigenvalue weighted by Gasteiger charge is -2.19. The van der Waals surface area contributed by atoms with Gasteiger partial charge in [-0.25, -0.2) is 5.84 Å². The van der Waals surface area contributed by atoms with Gasteiger partial charge in [0.05, 0.1) is 11.8 Å². The first-order valence-electron chi connectivity index (χ1n) is 13.5. The molecular weight excluding hydrogens is 556 g/mol. The zero-order valence-electron chi connectivity index (χ0n) is 23.7. The third-order valence-electron chi connectivity index (χ3n) is 6.29. The molecule has 42 heavy (non-hydrogen) atoms. The van der Waals surface area contributed by atoms with E-state index in [1.165, 1.54) is 17.4 Å². The van der Waals surface area contributed by atoms with Crippen molar-refractivity contribution in [3.63, 3.8) is 0 Å². The Morgan fingerprint density at radius 3 is 2.50 bits per heavy atom. The van der Waals surface area contributed by atoms with Crippen LogP contribution in [-0.4, -0.2) is 44.0 Å². The number of hydrazine groups is 1. The maximum atomic E-state index is 13.3. The molecule has 0 fully saturated rings. The van der Waals surface area contributed by atoms with E-state index < -0.39 is 11.9 Å². The van der Waals surface area contributed by atoms with Crippen LogP contribution in [0.2, 0.25) is 5.02 Å². The molecule has 222 valence electrons. The summed E-state index contributed by atoms with van der Waals surface area (Å²) in [5.74, 6) is 11.0. The Bertz CT molecular complexity index is 1350. The molecule has 0 aromatic heterocycles. The summed E-state index contributed by atoms with van der Waals surface area (Å²) in [6.07, 6.45) is 6.30. The molecule has 6 N–H and O–H groups in total. The monoisotopic (exact) mass is 592 g/mol. The number of nitrogens with two attached hydrogens (primary N) is 2. The van der Waals surface area contributed by atoms with Crippen LogP contribution in [0.4, 0.5) is 11.4 Å². The van der Waals surface area contributed by atoms with Crippen molar-refractivity contribution in [1.29, 1.82) is 0 Å². The molecule has 0 aliphatic rings. The van der Waals surface area contributed by atoms with Crippen molar-refractivity contribution in [2.45, 2.75) is 38.3 Å². The number of rotatable bonds is 15. The number of methoxy groups -OCH3 is 1. The Morgan fingerprint density at radius 2 is 1.83 bits per heavy atom.